The molecule has 1 rings (SSSR count). The number of nitrogens with zero attached hydrogens (tertiary/aromatic N) is 1. The Morgan fingerprint density at radius 1 is 1.41 bits per heavy atom. The van der Waals surface area contributed by atoms with Crippen LogP contribution in [0.15, 0.2) is 0 Å². The molecule has 1 aliphatic rings. The lowest BCUT2D eigenvalue weighted by Gasteiger charge is -2.33. The Labute approximate surface area is 104 Å². The number of carbonyl (C=O) groups is 1. The van der Waals surface area contributed by atoms with Crippen LogP contribution >= 0.6 is 0 Å². The molecule has 0 aliphatic heterocycles. The van der Waals surface area contributed by atoms with Crippen molar-refractivity contribution in [3.63, 3.8) is 0 Å². The molecule has 0 aromatic heterocycles. The number of hydrogen-bond acceptors (Lipinski definition) is 4. The van der Waals surface area contributed by atoms with Gasteiger partial charge in [0.05, 0.1) is 7.11 Å². The van der Waals surface area contributed by atoms with E-state index in [0.29, 0.717) is 12.5 Å². The Hall–Kier alpha value is -0.610. The van der Waals surface area contributed by atoms with Gasteiger partial charge in [-0.1, -0.05) is 26.2 Å². The fourth-order valence-corrected chi connectivity index (χ4v) is 2.62. The first kappa shape index (κ1) is 14.5. The van der Waals surface area contributed by atoms with Gasteiger partial charge in [0.25, 0.3) is 0 Å². The molecule has 1 fully saturated rings. The fraction of sp³-hybridized carbons (Fsp3) is 0.923. The van der Waals surface area contributed by atoms with Crippen LogP contribution in [0.2, 0.25) is 0 Å². The minimum absolute atomic E-state index is 0.301. The smallest absolute Gasteiger partial charge is 0.322 e. The van der Waals surface area contributed by atoms with Gasteiger partial charge in [0.2, 0.25) is 0 Å². The molecule has 1 saturated carbocycles. The summed E-state index contributed by atoms with van der Waals surface area (Å²) in [6.45, 7) is 4.12. The maximum atomic E-state index is 11.2. The normalized spacial score (nSPS) is 19.3. The summed E-state index contributed by atoms with van der Waals surface area (Å²) in [4.78, 5) is 13.7. The van der Waals surface area contributed by atoms with Crippen molar-refractivity contribution in [1.29, 1.82) is 0 Å². The van der Waals surface area contributed by atoms with E-state index in [0.717, 1.165) is 13.1 Å². The standard InChI is InChI=1S/C13H26N2O2/c1-3-15(11-7-5-4-6-8-11)10-9-12(14)13(16)17-2/h11-12H,3-10,14H2,1-2H3. The molecule has 1 aliphatic carbocycles. The van der Waals surface area contributed by atoms with E-state index in [1.165, 1.54) is 39.2 Å². The number of rotatable bonds is 6. The van der Waals surface area contributed by atoms with E-state index in [9.17, 15) is 4.79 Å². The van der Waals surface area contributed by atoms with Gasteiger partial charge < -0.3 is 15.4 Å². The van der Waals surface area contributed by atoms with Crippen molar-refractivity contribution in [3.05, 3.63) is 0 Å². The maximum absolute atomic E-state index is 11.2. The number of esters is 1. The first-order valence-corrected chi connectivity index (χ1v) is 6.76. The van der Waals surface area contributed by atoms with Gasteiger partial charge in [-0.25, -0.2) is 0 Å². The minimum atomic E-state index is -0.474. The van der Waals surface area contributed by atoms with Gasteiger partial charge in [0.15, 0.2) is 0 Å². The van der Waals surface area contributed by atoms with Crippen molar-refractivity contribution in [2.24, 2.45) is 5.73 Å². The van der Waals surface area contributed by atoms with Crippen LogP contribution in [0.25, 0.3) is 0 Å². The van der Waals surface area contributed by atoms with Crippen molar-refractivity contribution in [1.82, 2.24) is 4.90 Å². The van der Waals surface area contributed by atoms with E-state index in [-0.39, 0.29) is 5.97 Å². The van der Waals surface area contributed by atoms with E-state index in [2.05, 4.69) is 16.6 Å². The van der Waals surface area contributed by atoms with Crippen molar-refractivity contribution in [2.45, 2.75) is 57.5 Å². The lowest BCUT2D eigenvalue weighted by molar-refractivity contribution is -0.142. The molecule has 0 amide bonds. The van der Waals surface area contributed by atoms with Gasteiger partial charge in [-0.15, -0.1) is 0 Å². The molecule has 1 unspecified atom stereocenters. The Bertz CT molecular complexity index is 227. The highest BCUT2D eigenvalue weighted by molar-refractivity contribution is 5.75. The summed E-state index contributed by atoms with van der Waals surface area (Å²) in [5.41, 5.74) is 5.76. The van der Waals surface area contributed by atoms with E-state index in [1.54, 1.807) is 0 Å². The van der Waals surface area contributed by atoms with Crippen molar-refractivity contribution >= 4 is 5.97 Å². The molecule has 0 spiro atoms. The van der Waals surface area contributed by atoms with E-state index in [4.69, 9.17) is 5.73 Å². The highest BCUT2D eigenvalue weighted by Crippen LogP contribution is 2.22. The summed E-state index contributed by atoms with van der Waals surface area (Å²) < 4.78 is 4.64. The van der Waals surface area contributed by atoms with E-state index in [1.807, 2.05) is 0 Å². The number of methoxy groups -OCH3 is 1. The van der Waals surface area contributed by atoms with Crippen molar-refractivity contribution in [2.75, 3.05) is 20.2 Å². The molecule has 0 saturated heterocycles. The molecule has 17 heavy (non-hydrogen) atoms. The van der Waals surface area contributed by atoms with Gasteiger partial charge in [0.1, 0.15) is 6.04 Å². The van der Waals surface area contributed by atoms with E-state index >= 15 is 0 Å². The molecule has 2 N–H and O–H groups in total. The summed E-state index contributed by atoms with van der Waals surface area (Å²) >= 11 is 0. The first-order valence-electron chi connectivity index (χ1n) is 6.76. The predicted octanol–water partition coefficient (Wildman–Crippen LogP) is 1.53. The molecule has 0 bridgehead atoms. The summed E-state index contributed by atoms with van der Waals surface area (Å²) in [6.07, 6.45) is 7.32. The van der Waals surface area contributed by atoms with Gasteiger partial charge in [0, 0.05) is 12.6 Å². The number of nitrogens with two attached hydrogens (primary N) is 1. The molecule has 1 atom stereocenters. The maximum Gasteiger partial charge on any atom is 0.322 e. The van der Waals surface area contributed by atoms with Gasteiger partial charge >= 0.3 is 5.97 Å². The third-order valence-corrected chi connectivity index (χ3v) is 3.73. The lowest BCUT2D eigenvalue weighted by atomic mass is 9.94. The Kier molecular flexibility index (Phi) is 6.52. The third kappa shape index (κ3) is 4.64. The molecule has 4 heteroatoms. The van der Waals surface area contributed by atoms with Crippen LogP contribution in [-0.4, -0.2) is 43.2 Å². The Balaban J connectivity index is 2.33. The second-order valence-corrected chi connectivity index (χ2v) is 4.84. The van der Waals surface area contributed by atoms with Crippen LogP contribution in [0.4, 0.5) is 0 Å². The van der Waals surface area contributed by atoms with Crippen LogP contribution in [0, 0.1) is 0 Å². The lowest BCUT2D eigenvalue weighted by Crippen LogP contribution is -2.41. The second-order valence-electron chi connectivity index (χ2n) is 4.84. The predicted molar refractivity (Wildman–Crippen MR) is 68.7 cm³/mol. The summed E-state index contributed by atoms with van der Waals surface area (Å²) in [5, 5.41) is 0. The first-order chi connectivity index (χ1) is 8.19. The molecule has 0 radical (unpaired) electrons. The average Bonchev–Trinajstić information content (AvgIpc) is 2.39. The molecule has 100 valence electrons. The number of carbonyl (C=O) groups excluding carboxylic acids is 1. The topological polar surface area (TPSA) is 55.6 Å². The largest absolute Gasteiger partial charge is 0.468 e. The second kappa shape index (κ2) is 7.67. The number of hydrogen-bond donors (Lipinski definition) is 1. The van der Waals surface area contributed by atoms with Crippen LogP contribution in [0.5, 0.6) is 0 Å². The Morgan fingerprint density at radius 2 is 2.06 bits per heavy atom. The quantitative estimate of drug-likeness (QED) is 0.718. The molecule has 0 aromatic carbocycles. The van der Waals surface area contributed by atoms with Gasteiger partial charge in [-0.2, -0.15) is 0 Å². The minimum Gasteiger partial charge on any atom is -0.468 e. The third-order valence-electron chi connectivity index (χ3n) is 3.73. The van der Waals surface area contributed by atoms with Crippen molar-refractivity contribution < 1.29 is 9.53 Å². The Morgan fingerprint density at radius 3 is 2.59 bits per heavy atom. The van der Waals surface area contributed by atoms with E-state index < -0.39 is 6.04 Å². The zero-order valence-electron chi connectivity index (χ0n) is 11.2. The summed E-state index contributed by atoms with van der Waals surface area (Å²) in [7, 11) is 1.39. The summed E-state index contributed by atoms with van der Waals surface area (Å²) in [6, 6.07) is 0.219. The van der Waals surface area contributed by atoms with Crippen LogP contribution in [0.1, 0.15) is 45.4 Å². The van der Waals surface area contributed by atoms with Crippen molar-refractivity contribution in [3.8, 4) is 0 Å². The average molecular weight is 242 g/mol. The van der Waals surface area contributed by atoms with Crippen LogP contribution < -0.4 is 5.73 Å². The molecular formula is C13H26N2O2. The molecule has 0 heterocycles. The number of ether oxygens (including phenoxy) is 1. The molecule has 0 aromatic rings. The molecular weight excluding hydrogens is 216 g/mol. The van der Waals surface area contributed by atoms with Gasteiger partial charge in [-0.05, 0) is 25.8 Å². The highest BCUT2D eigenvalue weighted by Gasteiger charge is 2.21. The monoisotopic (exact) mass is 242 g/mol. The zero-order valence-corrected chi connectivity index (χ0v) is 11.2. The van der Waals surface area contributed by atoms with Crippen LogP contribution in [-0.2, 0) is 9.53 Å². The van der Waals surface area contributed by atoms with Crippen LogP contribution in [0.3, 0.4) is 0 Å². The zero-order chi connectivity index (χ0) is 12.7. The molecule has 4 nitrogen and oxygen atoms in total. The highest BCUT2D eigenvalue weighted by atomic mass is 16.5. The fourth-order valence-electron chi connectivity index (χ4n) is 2.62. The summed E-state index contributed by atoms with van der Waals surface area (Å²) in [5.74, 6) is -0.301. The van der Waals surface area contributed by atoms with Gasteiger partial charge in [-0.3, -0.25) is 4.79 Å². The SMILES string of the molecule is CCN(CCC(N)C(=O)OC)C1CCCCC1.